The van der Waals surface area contributed by atoms with Gasteiger partial charge in [0.15, 0.2) is 0 Å². The molecule has 0 amide bonds. The van der Waals surface area contributed by atoms with Crippen molar-refractivity contribution < 1.29 is 5.11 Å². The maximum absolute atomic E-state index is 9.62. The Balaban J connectivity index is 0.000000720. The number of rotatable bonds is 0. The van der Waals surface area contributed by atoms with Gasteiger partial charge in [0.1, 0.15) is 5.72 Å². The zero-order valence-corrected chi connectivity index (χ0v) is 7.47. The van der Waals surface area contributed by atoms with E-state index in [-0.39, 0.29) is 12.4 Å². The maximum Gasteiger partial charge on any atom is 0.140 e. The topological polar surface area (TPSA) is 46.2 Å². The molecular formula is C9H12ClNO. The van der Waals surface area contributed by atoms with Gasteiger partial charge >= 0.3 is 0 Å². The molecule has 1 atom stereocenters. The largest absolute Gasteiger partial charge is 0.372 e. The molecule has 1 aliphatic rings. The molecule has 0 bridgehead atoms. The third-order valence-electron chi connectivity index (χ3n) is 2.26. The second kappa shape index (κ2) is 3.05. The van der Waals surface area contributed by atoms with Gasteiger partial charge in [-0.25, -0.2) is 0 Å². The van der Waals surface area contributed by atoms with E-state index in [4.69, 9.17) is 5.73 Å². The Bertz CT molecular complexity index is 286. The fourth-order valence-corrected chi connectivity index (χ4v) is 1.62. The normalized spacial score (nSPS) is 26.2. The van der Waals surface area contributed by atoms with E-state index in [0.29, 0.717) is 6.42 Å². The van der Waals surface area contributed by atoms with Crippen LogP contribution in [0.25, 0.3) is 0 Å². The number of nitrogens with two attached hydrogens (primary N) is 1. The molecule has 66 valence electrons. The molecule has 1 aromatic carbocycles. The predicted octanol–water partition coefficient (Wildman–Crippen LogP) is 1.16. The fraction of sp³-hybridized carbons (Fsp3) is 0.333. The van der Waals surface area contributed by atoms with Gasteiger partial charge in [0, 0.05) is 5.56 Å². The summed E-state index contributed by atoms with van der Waals surface area (Å²) >= 11 is 0. The van der Waals surface area contributed by atoms with Crippen molar-refractivity contribution in [2.75, 3.05) is 0 Å². The second-order valence-electron chi connectivity index (χ2n) is 3.08. The fourth-order valence-electron chi connectivity index (χ4n) is 1.62. The summed E-state index contributed by atoms with van der Waals surface area (Å²) in [7, 11) is 0. The quantitative estimate of drug-likeness (QED) is 0.596. The number of hydrogen-bond acceptors (Lipinski definition) is 2. The first-order valence-corrected chi connectivity index (χ1v) is 3.80. The lowest BCUT2D eigenvalue weighted by molar-refractivity contribution is 0.0458. The SMILES string of the molecule is Cl.NC1(O)CCc2ccccc21. The van der Waals surface area contributed by atoms with Gasteiger partial charge in [-0.2, -0.15) is 0 Å². The Hall–Kier alpha value is -0.570. The van der Waals surface area contributed by atoms with Crippen molar-refractivity contribution >= 4 is 12.4 Å². The highest BCUT2D eigenvalue weighted by Crippen LogP contribution is 2.31. The third-order valence-corrected chi connectivity index (χ3v) is 2.26. The first kappa shape index (κ1) is 9.52. The Morgan fingerprint density at radius 3 is 2.67 bits per heavy atom. The van der Waals surface area contributed by atoms with Crippen LogP contribution in [0.1, 0.15) is 17.5 Å². The first-order valence-electron chi connectivity index (χ1n) is 3.80. The Kier molecular flexibility index (Phi) is 2.42. The summed E-state index contributed by atoms with van der Waals surface area (Å²) in [6.45, 7) is 0. The minimum atomic E-state index is -1.07. The molecule has 0 spiro atoms. The van der Waals surface area contributed by atoms with Crippen LogP contribution < -0.4 is 5.73 Å². The van der Waals surface area contributed by atoms with Gasteiger partial charge in [-0.1, -0.05) is 24.3 Å². The van der Waals surface area contributed by atoms with Gasteiger partial charge in [0.2, 0.25) is 0 Å². The molecule has 0 fully saturated rings. The van der Waals surface area contributed by atoms with E-state index in [9.17, 15) is 5.11 Å². The van der Waals surface area contributed by atoms with Crippen LogP contribution in [0.15, 0.2) is 24.3 Å². The molecular weight excluding hydrogens is 174 g/mol. The van der Waals surface area contributed by atoms with Gasteiger partial charge in [0.25, 0.3) is 0 Å². The number of halogens is 1. The summed E-state index contributed by atoms with van der Waals surface area (Å²) in [5, 5.41) is 9.62. The van der Waals surface area contributed by atoms with Crippen molar-refractivity contribution in [1.82, 2.24) is 0 Å². The summed E-state index contributed by atoms with van der Waals surface area (Å²) in [5.74, 6) is 0. The summed E-state index contributed by atoms with van der Waals surface area (Å²) in [6.07, 6.45) is 1.54. The zero-order valence-electron chi connectivity index (χ0n) is 6.66. The molecule has 0 saturated heterocycles. The van der Waals surface area contributed by atoms with Gasteiger partial charge in [-0.3, -0.25) is 5.73 Å². The summed E-state index contributed by atoms with van der Waals surface area (Å²) in [6, 6.07) is 7.78. The van der Waals surface area contributed by atoms with E-state index >= 15 is 0 Å². The molecule has 1 aliphatic carbocycles. The van der Waals surface area contributed by atoms with Crippen molar-refractivity contribution in [3.8, 4) is 0 Å². The lowest BCUT2D eigenvalue weighted by Gasteiger charge is -2.16. The lowest BCUT2D eigenvalue weighted by Crippen LogP contribution is -2.33. The molecule has 3 heteroatoms. The highest BCUT2D eigenvalue weighted by atomic mass is 35.5. The smallest absolute Gasteiger partial charge is 0.140 e. The monoisotopic (exact) mass is 185 g/mol. The molecule has 2 nitrogen and oxygen atoms in total. The molecule has 1 unspecified atom stereocenters. The number of aliphatic hydroxyl groups is 1. The van der Waals surface area contributed by atoms with Crippen LogP contribution in [0.2, 0.25) is 0 Å². The minimum Gasteiger partial charge on any atom is -0.372 e. The van der Waals surface area contributed by atoms with E-state index in [0.717, 1.165) is 12.0 Å². The highest BCUT2D eigenvalue weighted by molar-refractivity contribution is 5.85. The van der Waals surface area contributed by atoms with E-state index < -0.39 is 5.72 Å². The molecule has 2 rings (SSSR count). The summed E-state index contributed by atoms with van der Waals surface area (Å²) in [5.41, 5.74) is 6.64. The average Bonchev–Trinajstić information content (AvgIpc) is 2.29. The Morgan fingerprint density at radius 1 is 1.33 bits per heavy atom. The number of fused-ring (bicyclic) bond motifs is 1. The van der Waals surface area contributed by atoms with Gasteiger partial charge in [-0.05, 0) is 18.4 Å². The summed E-state index contributed by atoms with van der Waals surface area (Å²) < 4.78 is 0. The van der Waals surface area contributed by atoms with Crippen molar-refractivity contribution in [3.63, 3.8) is 0 Å². The van der Waals surface area contributed by atoms with Crippen LogP contribution in [-0.4, -0.2) is 5.11 Å². The standard InChI is InChI=1S/C9H11NO.ClH/c10-9(11)6-5-7-3-1-2-4-8(7)9;/h1-4,11H,5-6,10H2;1H. The number of benzene rings is 1. The third kappa shape index (κ3) is 1.33. The second-order valence-corrected chi connectivity index (χ2v) is 3.08. The molecule has 0 heterocycles. The van der Waals surface area contributed by atoms with Gasteiger partial charge in [0.05, 0.1) is 0 Å². The Morgan fingerprint density at radius 2 is 2.00 bits per heavy atom. The van der Waals surface area contributed by atoms with Crippen molar-refractivity contribution in [1.29, 1.82) is 0 Å². The van der Waals surface area contributed by atoms with Crippen LogP contribution in [0, 0.1) is 0 Å². The van der Waals surface area contributed by atoms with Crippen LogP contribution >= 0.6 is 12.4 Å². The van der Waals surface area contributed by atoms with Crippen LogP contribution in [0.4, 0.5) is 0 Å². The zero-order chi connectivity index (χ0) is 7.90. The predicted molar refractivity (Wildman–Crippen MR) is 50.1 cm³/mol. The number of hydrogen-bond donors (Lipinski definition) is 2. The highest BCUT2D eigenvalue weighted by Gasteiger charge is 2.31. The van der Waals surface area contributed by atoms with Crippen LogP contribution in [-0.2, 0) is 12.1 Å². The van der Waals surface area contributed by atoms with Crippen molar-refractivity contribution in [2.45, 2.75) is 18.6 Å². The summed E-state index contributed by atoms with van der Waals surface area (Å²) in [4.78, 5) is 0. The van der Waals surface area contributed by atoms with Gasteiger partial charge in [-0.15, -0.1) is 12.4 Å². The molecule has 0 aromatic heterocycles. The molecule has 12 heavy (non-hydrogen) atoms. The maximum atomic E-state index is 9.62. The van der Waals surface area contributed by atoms with Crippen LogP contribution in [0.3, 0.4) is 0 Å². The van der Waals surface area contributed by atoms with Crippen LogP contribution in [0.5, 0.6) is 0 Å². The minimum absolute atomic E-state index is 0. The van der Waals surface area contributed by atoms with Crippen molar-refractivity contribution in [3.05, 3.63) is 35.4 Å². The van der Waals surface area contributed by atoms with E-state index in [2.05, 4.69) is 0 Å². The molecule has 0 saturated carbocycles. The van der Waals surface area contributed by atoms with Crippen molar-refractivity contribution in [2.24, 2.45) is 5.73 Å². The Labute approximate surface area is 77.8 Å². The molecule has 0 aliphatic heterocycles. The molecule has 1 aromatic rings. The van der Waals surface area contributed by atoms with E-state index in [1.165, 1.54) is 5.56 Å². The van der Waals surface area contributed by atoms with Gasteiger partial charge < -0.3 is 5.11 Å². The first-order chi connectivity index (χ1) is 5.20. The van der Waals surface area contributed by atoms with E-state index in [1.807, 2.05) is 24.3 Å². The molecule has 3 N–H and O–H groups in total. The lowest BCUT2D eigenvalue weighted by atomic mass is 10.1. The average molecular weight is 186 g/mol. The number of aryl methyl sites for hydroxylation is 1. The molecule has 0 radical (unpaired) electrons. The van der Waals surface area contributed by atoms with E-state index in [1.54, 1.807) is 0 Å².